The summed E-state index contributed by atoms with van der Waals surface area (Å²) < 4.78 is 16.6. The second-order valence-corrected chi connectivity index (χ2v) is 6.99. The van der Waals surface area contributed by atoms with Crippen molar-refractivity contribution in [2.45, 2.75) is 25.8 Å². The highest BCUT2D eigenvalue weighted by Gasteiger charge is 2.26. The molecule has 0 N–H and O–H groups in total. The van der Waals surface area contributed by atoms with E-state index >= 15 is 0 Å². The second-order valence-electron chi connectivity index (χ2n) is 6.99. The molecular weight excluding hydrogens is 332 g/mol. The summed E-state index contributed by atoms with van der Waals surface area (Å²) in [6.07, 6.45) is 1.80. The predicted octanol–water partition coefficient (Wildman–Crippen LogP) is 1.71. The third kappa shape index (κ3) is 5.69. The third-order valence-corrected chi connectivity index (χ3v) is 5.10. The molecule has 2 aliphatic rings. The van der Waals surface area contributed by atoms with Crippen molar-refractivity contribution in [3.05, 3.63) is 29.8 Å². The molecule has 2 aliphatic heterocycles. The SMILES string of the molecule is Cc1ccc(OCC(=O)N(CCN2CCOCC2)C2CCOCC2)cc1. The monoisotopic (exact) mass is 362 g/mol. The Morgan fingerprint density at radius 3 is 2.46 bits per heavy atom. The average Bonchev–Trinajstić information content (AvgIpc) is 2.69. The van der Waals surface area contributed by atoms with Crippen LogP contribution in [-0.4, -0.2) is 81.0 Å². The molecule has 0 atom stereocenters. The first kappa shape index (κ1) is 19.1. The zero-order valence-corrected chi connectivity index (χ0v) is 15.7. The van der Waals surface area contributed by atoms with E-state index in [9.17, 15) is 4.79 Å². The highest BCUT2D eigenvalue weighted by atomic mass is 16.5. The Bertz CT molecular complexity index is 551. The molecule has 0 bridgehead atoms. The Balaban J connectivity index is 1.55. The van der Waals surface area contributed by atoms with Gasteiger partial charge in [0.05, 0.1) is 13.2 Å². The van der Waals surface area contributed by atoms with Gasteiger partial charge in [-0.15, -0.1) is 0 Å². The van der Waals surface area contributed by atoms with Crippen LogP contribution < -0.4 is 4.74 Å². The van der Waals surface area contributed by atoms with Gasteiger partial charge in [0, 0.05) is 45.4 Å². The number of hydrogen-bond acceptors (Lipinski definition) is 5. The number of morpholine rings is 1. The normalized spacial score (nSPS) is 19.3. The van der Waals surface area contributed by atoms with Crippen LogP contribution in [0.4, 0.5) is 0 Å². The first-order valence-electron chi connectivity index (χ1n) is 9.59. The van der Waals surface area contributed by atoms with Crippen molar-refractivity contribution in [3.8, 4) is 5.75 Å². The molecule has 6 nitrogen and oxygen atoms in total. The highest BCUT2D eigenvalue weighted by molar-refractivity contribution is 5.78. The lowest BCUT2D eigenvalue weighted by molar-refractivity contribution is -0.138. The maximum Gasteiger partial charge on any atom is 0.260 e. The molecule has 0 aromatic heterocycles. The predicted molar refractivity (Wildman–Crippen MR) is 99.5 cm³/mol. The minimum atomic E-state index is 0.0609. The molecule has 0 aliphatic carbocycles. The molecule has 0 spiro atoms. The Labute approximate surface area is 156 Å². The number of nitrogens with zero attached hydrogens (tertiary/aromatic N) is 2. The molecule has 2 heterocycles. The number of carbonyl (C=O) groups is 1. The average molecular weight is 362 g/mol. The summed E-state index contributed by atoms with van der Waals surface area (Å²) in [5.41, 5.74) is 1.18. The summed E-state index contributed by atoms with van der Waals surface area (Å²) in [7, 11) is 0. The summed E-state index contributed by atoms with van der Waals surface area (Å²) in [4.78, 5) is 17.2. The number of rotatable bonds is 7. The number of amides is 1. The fourth-order valence-corrected chi connectivity index (χ4v) is 3.44. The Morgan fingerprint density at radius 1 is 1.12 bits per heavy atom. The number of benzene rings is 1. The molecule has 0 radical (unpaired) electrons. The van der Waals surface area contributed by atoms with Gasteiger partial charge < -0.3 is 19.1 Å². The van der Waals surface area contributed by atoms with Crippen LogP contribution in [0.25, 0.3) is 0 Å². The maximum absolute atomic E-state index is 12.9. The Hall–Kier alpha value is -1.63. The number of ether oxygens (including phenoxy) is 3. The molecule has 3 rings (SSSR count). The van der Waals surface area contributed by atoms with E-state index in [1.807, 2.05) is 36.1 Å². The maximum atomic E-state index is 12.9. The van der Waals surface area contributed by atoms with Gasteiger partial charge in [-0.05, 0) is 31.9 Å². The van der Waals surface area contributed by atoms with E-state index in [4.69, 9.17) is 14.2 Å². The largest absolute Gasteiger partial charge is 0.484 e. The van der Waals surface area contributed by atoms with Crippen LogP contribution in [0.5, 0.6) is 5.75 Å². The molecule has 1 aromatic rings. The fraction of sp³-hybridized carbons (Fsp3) is 0.650. The van der Waals surface area contributed by atoms with Crippen molar-refractivity contribution in [1.29, 1.82) is 0 Å². The number of aryl methyl sites for hydroxylation is 1. The van der Waals surface area contributed by atoms with Gasteiger partial charge in [-0.3, -0.25) is 9.69 Å². The van der Waals surface area contributed by atoms with Crippen LogP contribution in [-0.2, 0) is 14.3 Å². The van der Waals surface area contributed by atoms with Gasteiger partial charge in [-0.1, -0.05) is 17.7 Å². The summed E-state index contributed by atoms with van der Waals surface area (Å²) in [5.74, 6) is 0.801. The molecule has 2 fully saturated rings. The van der Waals surface area contributed by atoms with E-state index in [1.165, 1.54) is 5.56 Å². The van der Waals surface area contributed by atoms with E-state index in [-0.39, 0.29) is 18.6 Å². The molecule has 2 saturated heterocycles. The first-order valence-corrected chi connectivity index (χ1v) is 9.59. The second kappa shape index (κ2) is 9.90. The van der Waals surface area contributed by atoms with Gasteiger partial charge in [0.25, 0.3) is 5.91 Å². The minimum Gasteiger partial charge on any atom is -0.484 e. The number of carbonyl (C=O) groups excluding carboxylic acids is 1. The van der Waals surface area contributed by atoms with Gasteiger partial charge in [0.1, 0.15) is 5.75 Å². The first-order chi connectivity index (χ1) is 12.7. The van der Waals surface area contributed by atoms with E-state index < -0.39 is 0 Å². The minimum absolute atomic E-state index is 0.0609. The lowest BCUT2D eigenvalue weighted by atomic mass is 10.1. The van der Waals surface area contributed by atoms with E-state index in [2.05, 4.69) is 4.90 Å². The van der Waals surface area contributed by atoms with Crippen LogP contribution in [0.2, 0.25) is 0 Å². The van der Waals surface area contributed by atoms with Gasteiger partial charge in [-0.25, -0.2) is 0 Å². The van der Waals surface area contributed by atoms with E-state index in [0.717, 1.165) is 71.2 Å². The molecule has 1 aromatic carbocycles. The van der Waals surface area contributed by atoms with Crippen LogP contribution >= 0.6 is 0 Å². The van der Waals surface area contributed by atoms with Crippen LogP contribution in [0.15, 0.2) is 24.3 Å². The van der Waals surface area contributed by atoms with E-state index in [1.54, 1.807) is 0 Å². The van der Waals surface area contributed by atoms with Gasteiger partial charge in [0.2, 0.25) is 0 Å². The Morgan fingerprint density at radius 2 is 1.77 bits per heavy atom. The van der Waals surface area contributed by atoms with Crippen LogP contribution in [0.3, 0.4) is 0 Å². The fourth-order valence-electron chi connectivity index (χ4n) is 3.44. The summed E-state index contributed by atoms with van der Waals surface area (Å²) in [6, 6.07) is 8.06. The van der Waals surface area contributed by atoms with E-state index in [0.29, 0.717) is 0 Å². The molecule has 1 amide bonds. The highest BCUT2D eigenvalue weighted by Crippen LogP contribution is 2.16. The molecule has 6 heteroatoms. The van der Waals surface area contributed by atoms with Gasteiger partial charge >= 0.3 is 0 Å². The van der Waals surface area contributed by atoms with Crippen LogP contribution in [0, 0.1) is 6.92 Å². The molecule has 0 unspecified atom stereocenters. The molecule has 26 heavy (non-hydrogen) atoms. The van der Waals surface area contributed by atoms with Crippen molar-refractivity contribution in [2.24, 2.45) is 0 Å². The molecular formula is C20H30N2O4. The lowest BCUT2D eigenvalue weighted by Gasteiger charge is -2.36. The zero-order valence-electron chi connectivity index (χ0n) is 15.7. The van der Waals surface area contributed by atoms with Gasteiger partial charge in [0.15, 0.2) is 6.61 Å². The van der Waals surface area contributed by atoms with Crippen molar-refractivity contribution >= 4 is 5.91 Å². The van der Waals surface area contributed by atoms with Crippen molar-refractivity contribution in [1.82, 2.24) is 9.80 Å². The Kier molecular flexibility index (Phi) is 7.29. The zero-order chi connectivity index (χ0) is 18.2. The lowest BCUT2D eigenvalue weighted by Crippen LogP contribution is -2.49. The smallest absolute Gasteiger partial charge is 0.260 e. The van der Waals surface area contributed by atoms with Crippen molar-refractivity contribution in [3.63, 3.8) is 0 Å². The van der Waals surface area contributed by atoms with Crippen LogP contribution in [0.1, 0.15) is 18.4 Å². The van der Waals surface area contributed by atoms with Gasteiger partial charge in [-0.2, -0.15) is 0 Å². The topological polar surface area (TPSA) is 51.2 Å². The number of hydrogen-bond donors (Lipinski definition) is 0. The third-order valence-electron chi connectivity index (χ3n) is 5.10. The van der Waals surface area contributed by atoms with Crippen molar-refractivity contribution < 1.29 is 19.0 Å². The quantitative estimate of drug-likeness (QED) is 0.739. The molecule has 144 valence electrons. The summed E-state index contributed by atoms with van der Waals surface area (Å²) in [5, 5.41) is 0. The standard InChI is InChI=1S/C20H30N2O4/c1-17-2-4-19(5-3-17)26-16-20(23)22(18-6-12-24-13-7-18)9-8-21-10-14-25-15-11-21/h2-5,18H,6-16H2,1H3. The summed E-state index contributed by atoms with van der Waals surface area (Å²) in [6.45, 7) is 8.64. The summed E-state index contributed by atoms with van der Waals surface area (Å²) >= 11 is 0. The molecule has 0 saturated carbocycles. The van der Waals surface area contributed by atoms with Crippen molar-refractivity contribution in [2.75, 3.05) is 59.2 Å².